The molecule has 16 heavy (non-hydrogen) atoms. The van der Waals surface area contributed by atoms with Crippen molar-refractivity contribution in [3.63, 3.8) is 0 Å². The van der Waals surface area contributed by atoms with Gasteiger partial charge >= 0.3 is 0 Å². The number of nitrogens with one attached hydrogen (secondary N) is 1. The van der Waals surface area contributed by atoms with Crippen molar-refractivity contribution in [1.29, 1.82) is 0 Å². The van der Waals surface area contributed by atoms with Crippen LogP contribution in [-0.4, -0.2) is 12.0 Å². The second-order valence-electron chi connectivity index (χ2n) is 3.47. The quantitative estimate of drug-likeness (QED) is 0.930. The van der Waals surface area contributed by atoms with Gasteiger partial charge in [-0.1, -0.05) is 30.3 Å². The predicted octanol–water partition coefficient (Wildman–Crippen LogP) is 3.73. The summed E-state index contributed by atoms with van der Waals surface area (Å²) in [6.07, 6.45) is 2.09. The lowest BCUT2D eigenvalue weighted by Crippen LogP contribution is -1.88. The standard InChI is InChI=1S/C12H13BrN2S/c1-14-12-15-11(13)10(16-12)8-7-9-5-3-2-4-6-9/h2-6H,7-8H2,1H3,(H,14,15). The minimum Gasteiger partial charge on any atom is -0.365 e. The second kappa shape index (κ2) is 5.46. The summed E-state index contributed by atoms with van der Waals surface area (Å²) >= 11 is 5.20. The molecule has 0 saturated heterocycles. The fourth-order valence-corrected chi connectivity index (χ4v) is 3.04. The van der Waals surface area contributed by atoms with Gasteiger partial charge < -0.3 is 5.32 Å². The summed E-state index contributed by atoms with van der Waals surface area (Å²) in [6.45, 7) is 0. The van der Waals surface area contributed by atoms with E-state index in [1.165, 1.54) is 10.4 Å². The molecular weight excluding hydrogens is 284 g/mol. The fraction of sp³-hybridized carbons (Fsp3) is 0.250. The van der Waals surface area contributed by atoms with Gasteiger partial charge in [0.25, 0.3) is 0 Å². The zero-order valence-electron chi connectivity index (χ0n) is 9.03. The molecular formula is C12H13BrN2S. The Morgan fingerprint density at radius 1 is 1.25 bits per heavy atom. The lowest BCUT2D eigenvalue weighted by Gasteiger charge is -1.98. The lowest BCUT2D eigenvalue weighted by atomic mass is 10.1. The molecule has 0 saturated carbocycles. The maximum Gasteiger partial charge on any atom is 0.183 e. The Morgan fingerprint density at radius 3 is 2.62 bits per heavy atom. The van der Waals surface area contributed by atoms with Crippen molar-refractivity contribution < 1.29 is 0 Å². The van der Waals surface area contributed by atoms with Gasteiger partial charge in [0.2, 0.25) is 0 Å². The summed E-state index contributed by atoms with van der Waals surface area (Å²) in [5.74, 6) is 0. The Kier molecular flexibility index (Phi) is 3.96. The molecule has 1 aromatic heterocycles. The lowest BCUT2D eigenvalue weighted by molar-refractivity contribution is 0.969. The molecule has 84 valence electrons. The van der Waals surface area contributed by atoms with Crippen LogP contribution < -0.4 is 5.32 Å². The Bertz CT molecular complexity index is 453. The largest absolute Gasteiger partial charge is 0.365 e. The molecule has 1 heterocycles. The molecule has 4 heteroatoms. The van der Waals surface area contributed by atoms with E-state index in [0.717, 1.165) is 22.6 Å². The van der Waals surface area contributed by atoms with Gasteiger partial charge in [0, 0.05) is 11.9 Å². The van der Waals surface area contributed by atoms with E-state index in [4.69, 9.17) is 0 Å². The molecule has 0 aliphatic carbocycles. The number of halogens is 1. The van der Waals surface area contributed by atoms with Crippen LogP contribution in [0.5, 0.6) is 0 Å². The van der Waals surface area contributed by atoms with Crippen LogP contribution in [0.15, 0.2) is 34.9 Å². The van der Waals surface area contributed by atoms with Gasteiger partial charge in [0.05, 0.1) is 0 Å². The number of nitrogens with zero attached hydrogens (tertiary/aromatic N) is 1. The molecule has 0 unspecified atom stereocenters. The first kappa shape index (κ1) is 11.6. The van der Waals surface area contributed by atoms with Gasteiger partial charge in [-0.3, -0.25) is 0 Å². The highest BCUT2D eigenvalue weighted by Crippen LogP contribution is 2.28. The Hall–Kier alpha value is -0.870. The van der Waals surface area contributed by atoms with E-state index in [1.54, 1.807) is 11.3 Å². The van der Waals surface area contributed by atoms with E-state index in [9.17, 15) is 0 Å². The van der Waals surface area contributed by atoms with Crippen molar-refractivity contribution in [2.75, 3.05) is 12.4 Å². The van der Waals surface area contributed by atoms with Crippen molar-refractivity contribution in [2.45, 2.75) is 12.8 Å². The van der Waals surface area contributed by atoms with E-state index in [1.807, 2.05) is 13.1 Å². The number of thiazole rings is 1. The molecule has 0 bridgehead atoms. The number of rotatable bonds is 4. The Labute approximate surface area is 108 Å². The van der Waals surface area contributed by atoms with E-state index in [0.29, 0.717) is 0 Å². The molecule has 2 nitrogen and oxygen atoms in total. The number of benzene rings is 1. The summed E-state index contributed by atoms with van der Waals surface area (Å²) in [5, 5.41) is 4.03. The number of aromatic nitrogens is 1. The van der Waals surface area contributed by atoms with Crippen LogP contribution in [0, 0.1) is 0 Å². The van der Waals surface area contributed by atoms with Crippen LogP contribution in [0.25, 0.3) is 0 Å². The summed E-state index contributed by atoms with van der Waals surface area (Å²) in [7, 11) is 1.90. The monoisotopic (exact) mass is 296 g/mol. The van der Waals surface area contributed by atoms with Gasteiger partial charge in [-0.2, -0.15) is 0 Å². The van der Waals surface area contributed by atoms with E-state index < -0.39 is 0 Å². The molecule has 0 aliphatic rings. The maximum absolute atomic E-state index is 4.37. The predicted molar refractivity (Wildman–Crippen MR) is 73.2 cm³/mol. The fourth-order valence-electron chi connectivity index (χ4n) is 1.50. The molecule has 2 aromatic rings. The topological polar surface area (TPSA) is 24.9 Å². The summed E-state index contributed by atoms with van der Waals surface area (Å²) in [6, 6.07) is 10.5. The maximum atomic E-state index is 4.37. The zero-order chi connectivity index (χ0) is 11.4. The molecule has 0 spiro atoms. The van der Waals surface area contributed by atoms with Gasteiger partial charge in [0.1, 0.15) is 4.60 Å². The number of aryl methyl sites for hydroxylation is 2. The highest BCUT2D eigenvalue weighted by Gasteiger charge is 2.07. The van der Waals surface area contributed by atoms with Gasteiger partial charge in [0.15, 0.2) is 5.13 Å². The molecule has 2 rings (SSSR count). The van der Waals surface area contributed by atoms with Crippen molar-refractivity contribution >= 4 is 32.4 Å². The number of anilines is 1. The smallest absolute Gasteiger partial charge is 0.183 e. The van der Waals surface area contributed by atoms with Crippen molar-refractivity contribution in [3.05, 3.63) is 45.4 Å². The molecule has 1 N–H and O–H groups in total. The average molecular weight is 297 g/mol. The van der Waals surface area contributed by atoms with Crippen LogP contribution >= 0.6 is 27.3 Å². The molecule has 0 aliphatic heterocycles. The molecule has 0 radical (unpaired) electrons. The third kappa shape index (κ3) is 2.83. The first-order chi connectivity index (χ1) is 7.79. The van der Waals surface area contributed by atoms with Crippen LogP contribution in [0.2, 0.25) is 0 Å². The minimum absolute atomic E-state index is 0.968. The Morgan fingerprint density at radius 2 is 2.00 bits per heavy atom. The van der Waals surface area contributed by atoms with Crippen LogP contribution in [0.3, 0.4) is 0 Å². The summed E-state index contributed by atoms with van der Waals surface area (Å²) in [4.78, 5) is 5.66. The first-order valence-electron chi connectivity index (χ1n) is 5.16. The molecule has 0 amide bonds. The highest BCUT2D eigenvalue weighted by molar-refractivity contribution is 9.10. The minimum atomic E-state index is 0.968. The van der Waals surface area contributed by atoms with E-state index in [2.05, 4.69) is 50.5 Å². The van der Waals surface area contributed by atoms with Crippen LogP contribution in [-0.2, 0) is 12.8 Å². The van der Waals surface area contributed by atoms with Crippen LogP contribution in [0.1, 0.15) is 10.4 Å². The van der Waals surface area contributed by atoms with Gasteiger partial charge in [-0.25, -0.2) is 4.98 Å². The van der Waals surface area contributed by atoms with Gasteiger partial charge in [-0.05, 0) is 34.3 Å². The van der Waals surface area contributed by atoms with Crippen molar-refractivity contribution in [3.8, 4) is 0 Å². The normalized spacial score (nSPS) is 10.4. The summed E-state index contributed by atoms with van der Waals surface area (Å²) in [5.41, 5.74) is 1.37. The van der Waals surface area contributed by atoms with Crippen LogP contribution in [0.4, 0.5) is 5.13 Å². The zero-order valence-corrected chi connectivity index (χ0v) is 11.4. The first-order valence-corrected chi connectivity index (χ1v) is 6.77. The number of hydrogen-bond acceptors (Lipinski definition) is 3. The number of hydrogen-bond donors (Lipinski definition) is 1. The average Bonchev–Trinajstić information content (AvgIpc) is 2.69. The SMILES string of the molecule is CNc1nc(Br)c(CCc2ccccc2)s1. The second-order valence-corrected chi connectivity index (χ2v) is 5.30. The Balaban J connectivity index is 2.02. The third-order valence-corrected chi connectivity index (χ3v) is 4.40. The summed E-state index contributed by atoms with van der Waals surface area (Å²) < 4.78 is 0.970. The molecule has 0 atom stereocenters. The molecule has 1 aromatic carbocycles. The van der Waals surface area contributed by atoms with Crippen molar-refractivity contribution in [1.82, 2.24) is 4.98 Å². The highest BCUT2D eigenvalue weighted by atomic mass is 79.9. The van der Waals surface area contributed by atoms with E-state index in [-0.39, 0.29) is 0 Å². The van der Waals surface area contributed by atoms with Crippen molar-refractivity contribution in [2.24, 2.45) is 0 Å². The van der Waals surface area contributed by atoms with Gasteiger partial charge in [-0.15, -0.1) is 11.3 Å². The third-order valence-electron chi connectivity index (χ3n) is 2.35. The molecule has 0 fully saturated rings. The van der Waals surface area contributed by atoms with E-state index >= 15 is 0 Å².